The number of carbonyl (C=O) groups is 1. The van der Waals surface area contributed by atoms with Crippen LogP contribution in [-0.2, 0) is 6.18 Å². The standard InChI is InChI=1S/C13H9F3O2/c1-8-2-4-11(13(14,15)16)10(6-8)12-5-3-9(7-17)18-12/h2-7H,1H3. The summed E-state index contributed by atoms with van der Waals surface area (Å²) in [6.07, 6.45) is -4.01. The molecule has 0 unspecified atom stereocenters. The summed E-state index contributed by atoms with van der Waals surface area (Å²) in [5.74, 6) is 0.0350. The van der Waals surface area contributed by atoms with Gasteiger partial charge in [-0.1, -0.05) is 11.6 Å². The lowest BCUT2D eigenvalue weighted by molar-refractivity contribution is -0.137. The minimum Gasteiger partial charge on any atom is -0.453 e. The lowest BCUT2D eigenvalue weighted by Gasteiger charge is -2.11. The van der Waals surface area contributed by atoms with Crippen LogP contribution in [0.4, 0.5) is 13.2 Å². The van der Waals surface area contributed by atoms with Crippen LogP contribution >= 0.6 is 0 Å². The quantitative estimate of drug-likeness (QED) is 0.755. The predicted octanol–water partition coefficient (Wildman–Crippen LogP) is 4.09. The average molecular weight is 254 g/mol. The molecule has 0 N–H and O–H groups in total. The van der Waals surface area contributed by atoms with Crippen LogP contribution in [0.25, 0.3) is 11.3 Å². The van der Waals surface area contributed by atoms with Gasteiger partial charge < -0.3 is 4.42 Å². The van der Waals surface area contributed by atoms with E-state index >= 15 is 0 Å². The molecule has 1 heterocycles. The Morgan fingerprint density at radius 2 is 1.89 bits per heavy atom. The average Bonchev–Trinajstić information content (AvgIpc) is 2.75. The van der Waals surface area contributed by atoms with Gasteiger partial charge in [-0.05, 0) is 31.2 Å². The van der Waals surface area contributed by atoms with Crippen LogP contribution in [0, 0.1) is 6.92 Å². The molecule has 0 saturated heterocycles. The van der Waals surface area contributed by atoms with Crippen molar-refractivity contribution in [1.82, 2.24) is 0 Å². The summed E-state index contributed by atoms with van der Waals surface area (Å²) in [5.41, 5.74) is -0.155. The lowest BCUT2D eigenvalue weighted by Crippen LogP contribution is -2.07. The van der Waals surface area contributed by atoms with Gasteiger partial charge in [0.05, 0.1) is 5.56 Å². The van der Waals surface area contributed by atoms with Crippen molar-refractivity contribution in [1.29, 1.82) is 0 Å². The summed E-state index contributed by atoms with van der Waals surface area (Å²) in [4.78, 5) is 10.5. The van der Waals surface area contributed by atoms with Crippen molar-refractivity contribution in [2.45, 2.75) is 13.1 Å². The fourth-order valence-corrected chi connectivity index (χ4v) is 1.67. The highest BCUT2D eigenvalue weighted by molar-refractivity contribution is 5.73. The zero-order chi connectivity index (χ0) is 13.3. The van der Waals surface area contributed by atoms with Gasteiger partial charge in [0.1, 0.15) is 5.76 Å². The third-order valence-electron chi connectivity index (χ3n) is 2.49. The first-order valence-corrected chi connectivity index (χ1v) is 5.15. The van der Waals surface area contributed by atoms with Crippen molar-refractivity contribution in [3.8, 4) is 11.3 Å². The molecule has 0 amide bonds. The molecule has 0 aliphatic heterocycles. The molecule has 0 radical (unpaired) electrons. The molecule has 0 saturated carbocycles. The maximum atomic E-state index is 12.8. The van der Waals surface area contributed by atoms with E-state index in [4.69, 9.17) is 4.42 Å². The van der Waals surface area contributed by atoms with Gasteiger partial charge in [0.2, 0.25) is 0 Å². The number of hydrogen-bond donors (Lipinski definition) is 0. The van der Waals surface area contributed by atoms with Crippen LogP contribution in [-0.4, -0.2) is 6.29 Å². The third-order valence-corrected chi connectivity index (χ3v) is 2.49. The van der Waals surface area contributed by atoms with Crippen molar-refractivity contribution in [2.24, 2.45) is 0 Å². The normalized spacial score (nSPS) is 11.6. The van der Waals surface area contributed by atoms with Gasteiger partial charge in [0.25, 0.3) is 0 Å². The molecule has 0 atom stereocenters. The fourth-order valence-electron chi connectivity index (χ4n) is 1.67. The molecule has 0 spiro atoms. The van der Waals surface area contributed by atoms with Gasteiger partial charge in [-0.25, -0.2) is 0 Å². The topological polar surface area (TPSA) is 30.2 Å². The summed E-state index contributed by atoms with van der Waals surface area (Å²) >= 11 is 0. The summed E-state index contributed by atoms with van der Waals surface area (Å²) in [5, 5.41) is 0. The number of halogens is 3. The summed E-state index contributed by atoms with van der Waals surface area (Å²) in [7, 11) is 0. The Morgan fingerprint density at radius 3 is 2.44 bits per heavy atom. The molecule has 0 aliphatic rings. The molecule has 2 aromatic rings. The van der Waals surface area contributed by atoms with E-state index < -0.39 is 11.7 Å². The second-order valence-corrected chi connectivity index (χ2v) is 3.87. The highest BCUT2D eigenvalue weighted by Gasteiger charge is 2.34. The maximum Gasteiger partial charge on any atom is 0.417 e. The molecule has 5 heteroatoms. The lowest BCUT2D eigenvalue weighted by atomic mass is 10.0. The molecule has 0 aliphatic carbocycles. The Kier molecular flexibility index (Phi) is 2.98. The van der Waals surface area contributed by atoms with E-state index in [9.17, 15) is 18.0 Å². The van der Waals surface area contributed by atoms with Crippen LogP contribution in [0.3, 0.4) is 0 Å². The number of rotatable bonds is 2. The summed E-state index contributed by atoms with van der Waals surface area (Å²) < 4.78 is 43.6. The van der Waals surface area contributed by atoms with Crippen LogP contribution in [0.2, 0.25) is 0 Å². The van der Waals surface area contributed by atoms with Crippen molar-refractivity contribution >= 4 is 6.29 Å². The van der Waals surface area contributed by atoms with E-state index in [1.165, 1.54) is 24.3 Å². The zero-order valence-electron chi connectivity index (χ0n) is 9.41. The van der Waals surface area contributed by atoms with Crippen LogP contribution < -0.4 is 0 Å². The molecular weight excluding hydrogens is 245 g/mol. The number of benzene rings is 1. The van der Waals surface area contributed by atoms with Gasteiger partial charge in [-0.15, -0.1) is 0 Å². The van der Waals surface area contributed by atoms with Crippen molar-refractivity contribution in [3.63, 3.8) is 0 Å². The van der Waals surface area contributed by atoms with E-state index in [0.717, 1.165) is 6.07 Å². The van der Waals surface area contributed by atoms with Crippen LogP contribution in [0.1, 0.15) is 21.7 Å². The van der Waals surface area contributed by atoms with Crippen molar-refractivity contribution < 1.29 is 22.4 Å². The largest absolute Gasteiger partial charge is 0.453 e. The van der Waals surface area contributed by atoms with Crippen molar-refractivity contribution in [3.05, 3.63) is 47.2 Å². The highest BCUT2D eigenvalue weighted by Crippen LogP contribution is 2.37. The first kappa shape index (κ1) is 12.4. The van der Waals surface area contributed by atoms with E-state index in [2.05, 4.69) is 0 Å². The van der Waals surface area contributed by atoms with E-state index in [1.807, 2.05) is 0 Å². The van der Waals surface area contributed by atoms with Gasteiger partial charge in [-0.2, -0.15) is 13.2 Å². The van der Waals surface area contributed by atoms with Gasteiger partial charge in [0.15, 0.2) is 12.0 Å². The number of aryl methyl sites for hydroxylation is 1. The number of alkyl halides is 3. The second-order valence-electron chi connectivity index (χ2n) is 3.87. The molecular formula is C13H9F3O2. The van der Waals surface area contributed by atoms with Crippen LogP contribution in [0.5, 0.6) is 0 Å². The maximum absolute atomic E-state index is 12.8. The molecule has 1 aromatic carbocycles. The Hall–Kier alpha value is -2.04. The van der Waals surface area contributed by atoms with Gasteiger partial charge >= 0.3 is 6.18 Å². The third kappa shape index (κ3) is 2.30. The first-order valence-electron chi connectivity index (χ1n) is 5.15. The van der Waals surface area contributed by atoms with Gasteiger partial charge in [0, 0.05) is 5.56 Å². The Bertz CT molecular complexity index is 582. The molecule has 18 heavy (non-hydrogen) atoms. The Balaban J connectivity index is 2.61. The Labute approximate surface area is 101 Å². The molecule has 0 bridgehead atoms. The van der Waals surface area contributed by atoms with Crippen LogP contribution in [0.15, 0.2) is 34.7 Å². The fraction of sp³-hybridized carbons (Fsp3) is 0.154. The van der Waals surface area contributed by atoms with E-state index in [0.29, 0.717) is 11.8 Å². The molecule has 94 valence electrons. The number of aldehydes is 1. The minimum absolute atomic E-state index is 0.000342. The molecule has 2 nitrogen and oxygen atoms in total. The minimum atomic E-state index is -4.46. The smallest absolute Gasteiger partial charge is 0.417 e. The number of hydrogen-bond acceptors (Lipinski definition) is 2. The monoisotopic (exact) mass is 254 g/mol. The number of carbonyl (C=O) groups excluding carboxylic acids is 1. The SMILES string of the molecule is Cc1ccc(C(F)(F)F)c(-c2ccc(C=O)o2)c1. The summed E-state index contributed by atoms with van der Waals surface area (Å²) in [6.45, 7) is 1.69. The molecule has 2 rings (SSSR count). The summed E-state index contributed by atoms with van der Waals surface area (Å²) in [6, 6.07) is 6.47. The Morgan fingerprint density at radius 1 is 1.17 bits per heavy atom. The zero-order valence-corrected chi connectivity index (χ0v) is 9.41. The van der Waals surface area contributed by atoms with E-state index in [1.54, 1.807) is 6.92 Å². The predicted molar refractivity (Wildman–Crippen MR) is 59.3 cm³/mol. The first-order chi connectivity index (χ1) is 8.41. The molecule has 0 fully saturated rings. The second kappa shape index (κ2) is 4.33. The molecule has 1 aromatic heterocycles. The van der Waals surface area contributed by atoms with E-state index in [-0.39, 0.29) is 17.1 Å². The van der Waals surface area contributed by atoms with Crippen molar-refractivity contribution in [2.75, 3.05) is 0 Å². The highest BCUT2D eigenvalue weighted by atomic mass is 19.4. The number of furan rings is 1. The van der Waals surface area contributed by atoms with Gasteiger partial charge in [-0.3, -0.25) is 4.79 Å².